The molecule has 0 saturated carbocycles. The van der Waals surface area contributed by atoms with Crippen LogP contribution in [0, 0.1) is 0 Å². The van der Waals surface area contributed by atoms with E-state index in [2.05, 4.69) is 10.3 Å². The van der Waals surface area contributed by atoms with E-state index in [4.69, 9.17) is 39.5 Å². The van der Waals surface area contributed by atoms with Crippen molar-refractivity contribution in [3.05, 3.63) is 62.9 Å². The molecule has 0 unspecified atom stereocenters. The van der Waals surface area contributed by atoms with Crippen LogP contribution in [0.2, 0.25) is 15.1 Å². The Morgan fingerprint density at radius 1 is 1.08 bits per heavy atom. The molecule has 0 radical (unpaired) electrons. The zero-order chi connectivity index (χ0) is 17.8. The Hall–Kier alpha value is -1.79. The summed E-state index contributed by atoms with van der Waals surface area (Å²) in [5, 5.41) is 6.65. The number of nitrogens with zero attached hydrogens (tertiary/aromatic N) is 1. The highest BCUT2D eigenvalue weighted by Crippen LogP contribution is 2.32. The van der Waals surface area contributed by atoms with E-state index in [0.717, 1.165) is 0 Å². The van der Waals surface area contributed by atoms with Gasteiger partial charge in [-0.1, -0.05) is 34.8 Å². The summed E-state index contributed by atoms with van der Waals surface area (Å²) in [6.45, 7) is -0.130. The molecule has 0 atom stereocenters. The fraction of sp³-hybridized carbons (Fsp3) is 0.0588. The van der Waals surface area contributed by atoms with Crippen LogP contribution in [0.15, 0.2) is 47.8 Å². The van der Waals surface area contributed by atoms with Gasteiger partial charge in [-0.05, 0) is 42.5 Å². The first kappa shape index (κ1) is 18.0. The summed E-state index contributed by atoms with van der Waals surface area (Å²) in [6, 6.07) is 11.9. The fourth-order valence-corrected chi connectivity index (χ4v) is 3.22. The topological polar surface area (TPSA) is 51.2 Å². The SMILES string of the molecule is O=C(COc1ccc(Cl)cc1)Nc1nc(-c2cc(Cl)ccc2Cl)cs1. The van der Waals surface area contributed by atoms with Gasteiger partial charge in [0.15, 0.2) is 11.7 Å². The first-order valence-electron chi connectivity index (χ1n) is 7.10. The number of ether oxygens (including phenoxy) is 1. The van der Waals surface area contributed by atoms with E-state index in [1.807, 2.05) is 0 Å². The largest absolute Gasteiger partial charge is 0.484 e. The van der Waals surface area contributed by atoms with E-state index in [9.17, 15) is 4.79 Å². The first-order valence-corrected chi connectivity index (χ1v) is 9.12. The van der Waals surface area contributed by atoms with Crippen molar-refractivity contribution in [3.8, 4) is 17.0 Å². The number of thiazole rings is 1. The predicted molar refractivity (Wildman–Crippen MR) is 103 cm³/mol. The molecule has 1 aromatic heterocycles. The molecule has 3 rings (SSSR count). The fourth-order valence-electron chi connectivity index (χ4n) is 1.98. The number of rotatable bonds is 5. The lowest BCUT2D eigenvalue weighted by Gasteiger charge is -2.05. The van der Waals surface area contributed by atoms with Gasteiger partial charge >= 0.3 is 0 Å². The van der Waals surface area contributed by atoms with Crippen LogP contribution in [0.1, 0.15) is 0 Å². The molecule has 3 aromatic rings. The maximum atomic E-state index is 12.0. The van der Waals surface area contributed by atoms with E-state index in [1.54, 1.807) is 47.8 Å². The van der Waals surface area contributed by atoms with Gasteiger partial charge in [0.05, 0.1) is 10.7 Å². The number of amides is 1. The van der Waals surface area contributed by atoms with Crippen LogP contribution in [-0.4, -0.2) is 17.5 Å². The van der Waals surface area contributed by atoms with Gasteiger partial charge < -0.3 is 4.74 Å². The van der Waals surface area contributed by atoms with Gasteiger partial charge in [-0.15, -0.1) is 11.3 Å². The zero-order valence-electron chi connectivity index (χ0n) is 12.6. The van der Waals surface area contributed by atoms with E-state index in [-0.39, 0.29) is 12.5 Å². The van der Waals surface area contributed by atoms with Crippen LogP contribution >= 0.6 is 46.1 Å². The van der Waals surface area contributed by atoms with E-state index < -0.39 is 0 Å². The monoisotopic (exact) mass is 412 g/mol. The molecule has 0 aliphatic rings. The van der Waals surface area contributed by atoms with Crippen LogP contribution in [0.25, 0.3) is 11.3 Å². The smallest absolute Gasteiger partial charge is 0.264 e. The lowest BCUT2D eigenvalue weighted by molar-refractivity contribution is -0.118. The number of carbonyl (C=O) groups is 1. The number of aromatic nitrogens is 1. The molecule has 2 aromatic carbocycles. The molecule has 1 heterocycles. The summed E-state index contributed by atoms with van der Waals surface area (Å²) in [4.78, 5) is 16.3. The van der Waals surface area contributed by atoms with Crippen LogP contribution in [-0.2, 0) is 4.79 Å². The number of hydrogen-bond acceptors (Lipinski definition) is 4. The third-order valence-corrected chi connectivity index (χ3v) is 4.71. The van der Waals surface area contributed by atoms with Gasteiger partial charge in [0.25, 0.3) is 5.91 Å². The molecule has 8 heteroatoms. The number of halogens is 3. The average molecular weight is 414 g/mol. The Kier molecular flexibility index (Phi) is 5.81. The second-order valence-corrected chi connectivity index (χ2v) is 7.09. The third kappa shape index (κ3) is 4.86. The minimum atomic E-state index is -0.312. The Balaban J connectivity index is 1.62. The van der Waals surface area contributed by atoms with Crippen molar-refractivity contribution in [2.45, 2.75) is 0 Å². The zero-order valence-corrected chi connectivity index (χ0v) is 15.7. The molecule has 0 aliphatic carbocycles. The second kappa shape index (κ2) is 8.06. The van der Waals surface area contributed by atoms with Crippen molar-refractivity contribution < 1.29 is 9.53 Å². The first-order chi connectivity index (χ1) is 12.0. The standard InChI is InChI=1S/C17H11Cl3N2O2S/c18-10-1-4-12(5-2-10)24-8-16(23)22-17-21-15(9-25-17)13-7-11(19)3-6-14(13)20/h1-7,9H,8H2,(H,21,22,23). The molecule has 4 nitrogen and oxygen atoms in total. The van der Waals surface area contributed by atoms with Crippen molar-refractivity contribution in [3.63, 3.8) is 0 Å². The minimum absolute atomic E-state index is 0.130. The Labute approximate surface area is 163 Å². The molecule has 0 aliphatic heterocycles. The molecule has 25 heavy (non-hydrogen) atoms. The second-order valence-electron chi connectivity index (χ2n) is 4.95. The summed E-state index contributed by atoms with van der Waals surface area (Å²) in [5.41, 5.74) is 1.36. The minimum Gasteiger partial charge on any atom is -0.484 e. The van der Waals surface area contributed by atoms with Gasteiger partial charge in [0.2, 0.25) is 0 Å². The van der Waals surface area contributed by atoms with Crippen molar-refractivity contribution in [2.75, 3.05) is 11.9 Å². The van der Waals surface area contributed by atoms with E-state index >= 15 is 0 Å². The van der Waals surface area contributed by atoms with Crippen LogP contribution in [0.4, 0.5) is 5.13 Å². The predicted octanol–water partition coefficient (Wildman–Crippen LogP) is 5.79. The van der Waals surface area contributed by atoms with Gasteiger partial charge in [0.1, 0.15) is 5.75 Å². The average Bonchev–Trinajstić information content (AvgIpc) is 3.05. The summed E-state index contributed by atoms with van der Waals surface area (Å²) < 4.78 is 5.39. The number of carbonyl (C=O) groups excluding carboxylic acids is 1. The maximum absolute atomic E-state index is 12.0. The summed E-state index contributed by atoms with van der Waals surface area (Å²) in [6.07, 6.45) is 0. The molecule has 0 bridgehead atoms. The summed E-state index contributed by atoms with van der Waals surface area (Å²) in [7, 11) is 0. The third-order valence-electron chi connectivity index (χ3n) is 3.14. The van der Waals surface area contributed by atoms with Crippen molar-refractivity contribution in [2.24, 2.45) is 0 Å². The molecular weight excluding hydrogens is 403 g/mol. The Morgan fingerprint density at radius 3 is 2.56 bits per heavy atom. The quantitative estimate of drug-likeness (QED) is 0.576. The van der Waals surface area contributed by atoms with Crippen LogP contribution in [0.5, 0.6) is 5.75 Å². The van der Waals surface area contributed by atoms with Crippen molar-refractivity contribution in [1.29, 1.82) is 0 Å². The Morgan fingerprint density at radius 2 is 1.80 bits per heavy atom. The van der Waals surface area contributed by atoms with E-state index in [0.29, 0.717) is 37.2 Å². The highest BCUT2D eigenvalue weighted by molar-refractivity contribution is 7.14. The molecular formula is C17H11Cl3N2O2S. The van der Waals surface area contributed by atoms with Gasteiger partial charge in [-0.25, -0.2) is 4.98 Å². The lowest BCUT2D eigenvalue weighted by Crippen LogP contribution is -2.20. The molecule has 0 saturated heterocycles. The highest BCUT2D eigenvalue weighted by Gasteiger charge is 2.11. The summed E-state index contributed by atoms with van der Waals surface area (Å²) >= 11 is 19.2. The lowest BCUT2D eigenvalue weighted by atomic mass is 10.2. The molecule has 128 valence electrons. The Bertz CT molecular complexity index is 897. The number of benzene rings is 2. The molecule has 0 fully saturated rings. The highest BCUT2D eigenvalue weighted by atomic mass is 35.5. The molecule has 1 N–H and O–H groups in total. The summed E-state index contributed by atoms with van der Waals surface area (Å²) in [5.74, 6) is 0.248. The normalized spacial score (nSPS) is 10.5. The number of nitrogens with one attached hydrogen (secondary N) is 1. The van der Waals surface area contributed by atoms with Crippen LogP contribution < -0.4 is 10.1 Å². The van der Waals surface area contributed by atoms with E-state index in [1.165, 1.54) is 11.3 Å². The number of hydrogen-bond donors (Lipinski definition) is 1. The molecule has 0 spiro atoms. The van der Waals surface area contributed by atoms with Gasteiger partial charge in [-0.2, -0.15) is 0 Å². The van der Waals surface area contributed by atoms with Crippen LogP contribution in [0.3, 0.4) is 0 Å². The van der Waals surface area contributed by atoms with Crippen molar-refractivity contribution in [1.82, 2.24) is 4.98 Å². The van der Waals surface area contributed by atoms with Gasteiger partial charge in [-0.3, -0.25) is 10.1 Å². The van der Waals surface area contributed by atoms with Gasteiger partial charge in [0, 0.05) is 21.0 Å². The molecule has 1 amide bonds. The van der Waals surface area contributed by atoms with Crippen molar-refractivity contribution >= 4 is 57.2 Å². The number of anilines is 1. The maximum Gasteiger partial charge on any atom is 0.264 e.